The van der Waals surface area contributed by atoms with Gasteiger partial charge in [0.05, 0.1) is 18.3 Å². The fraction of sp³-hybridized carbons (Fsp3) is 0.400. The van der Waals surface area contributed by atoms with Gasteiger partial charge < -0.3 is 11.4 Å². The highest BCUT2D eigenvalue weighted by Gasteiger charge is 2.46. The minimum Gasteiger partial charge on any atom is -0.549 e. The van der Waals surface area contributed by atoms with E-state index in [-0.39, 0.29) is 12.2 Å². The minimum absolute atomic E-state index is 0.0743. The lowest BCUT2D eigenvalue weighted by Crippen LogP contribution is -2.17. The zero-order chi connectivity index (χ0) is 10.4. The summed E-state index contributed by atoms with van der Waals surface area (Å²) in [6.07, 6.45) is 7.44. The van der Waals surface area contributed by atoms with Crippen molar-refractivity contribution in [2.75, 3.05) is 0 Å². The van der Waals surface area contributed by atoms with Crippen molar-refractivity contribution in [3.8, 4) is 36.2 Å². The summed E-state index contributed by atoms with van der Waals surface area (Å²) in [6.45, 7) is 3.87. The van der Waals surface area contributed by atoms with Gasteiger partial charge in [0.2, 0.25) is 0 Å². The first-order valence-corrected chi connectivity index (χ1v) is 5.57. The van der Waals surface area contributed by atoms with E-state index in [2.05, 4.69) is 29.8 Å². The summed E-state index contributed by atoms with van der Waals surface area (Å²) in [5.41, 5.74) is 0. The lowest BCUT2D eigenvalue weighted by molar-refractivity contribution is 0.187. The first kappa shape index (κ1) is 11.0. The Bertz CT molecular complexity index is 340. The van der Waals surface area contributed by atoms with Gasteiger partial charge in [0.25, 0.3) is 0 Å². The summed E-state index contributed by atoms with van der Waals surface area (Å²) in [7, 11) is 0. The average Bonchev–Trinajstić information content (AvgIpc) is 2.46. The van der Waals surface area contributed by atoms with Crippen molar-refractivity contribution in [2.45, 2.75) is 26.1 Å². The third kappa shape index (κ3) is 3.35. The maximum Gasteiger partial charge on any atom is 1.01 e. The molecule has 0 amide bonds. The number of hydrogen-bond donors (Lipinski definition) is 0. The lowest BCUT2D eigenvalue weighted by Gasteiger charge is -2.06. The van der Waals surface area contributed by atoms with E-state index >= 15 is 0 Å². The molecule has 0 aliphatic carbocycles. The molecule has 0 bridgehead atoms. The molecule has 2 atom stereocenters. The fourth-order valence-electron chi connectivity index (χ4n) is 0.830. The Kier molecular flexibility index (Phi) is 4.42. The number of hydrogen-bond acceptors (Lipinski definition) is 3. The summed E-state index contributed by atoms with van der Waals surface area (Å²) in [4.78, 5) is 0. The van der Waals surface area contributed by atoms with E-state index < -0.39 is 15.1 Å². The zero-order valence-electron chi connectivity index (χ0n) is 8.03. The van der Waals surface area contributed by atoms with Gasteiger partial charge in [-0.3, -0.25) is 0 Å². The van der Waals surface area contributed by atoms with Crippen molar-refractivity contribution in [1.82, 2.24) is 0 Å². The highest BCUT2D eigenvalue weighted by molar-refractivity contribution is 6.37. The van der Waals surface area contributed by atoms with Crippen LogP contribution in [0.25, 0.3) is 0 Å². The second kappa shape index (κ2) is 5.62. The van der Waals surface area contributed by atoms with Crippen molar-refractivity contribution < 1.29 is 11.4 Å². The summed E-state index contributed by atoms with van der Waals surface area (Å²) >= 11 is -2.04. The first-order chi connectivity index (χ1) is 6.74. The molecule has 1 aliphatic heterocycles. The van der Waals surface area contributed by atoms with Gasteiger partial charge in [-0.25, -0.2) is 0 Å². The predicted molar refractivity (Wildman–Crippen MR) is 52.3 cm³/mol. The van der Waals surface area contributed by atoms with Gasteiger partial charge in [0, 0.05) is 11.8 Å². The average molecular weight is 204 g/mol. The molecule has 2 unspecified atom stereocenters. The first-order valence-electron chi connectivity index (χ1n) is 4.16. The molecule has 0 spiro atoms. The molecule has 0 radical (unpaired) electrons. The lowest BCUT2D eigenvalue weighted by atomic mass is 10.3. The molecule has 4 heteroatoms. The Balaban J connectivity index is 2.33. The van der Waals surface area contributed by atoms with Crippen LogP contribution in [0.5, 0.6) is 0 Å². The largest absolute Gasteiger partial charge is 1.01 e. The van der Waals surface area contributed by atoms with Crippen LogP contribution < -0.4 is 0 Å². The molecular formula is C10H9AlO3. The molecule has 0 aromatic carbocycles. The van der Waals surface area contributed by atoms with Crippen LogP contribution in [-0.4, -0.2) is 27.4 Å². The Hall–Kier alpha value is -1.07. The van der Waals surface area contributed by atoms with Crippen LogP contribution in [0.3, 0.4) is 0 Å². The standard InChI is InChI=1S/C6H2O.C4H8O2.Al/c1-2-3-4-5-6-7;1-3(5)4(2)6;/h1,7H;3-4H,1-2H3;/q;-2;+3/p-1. The van der Waals surface area contributed by atoms with Crippen LogP contribution in [0.15, 0.2) is 0 Å². The molecule has 14 heavy (non-hydrogen) atoms. The van der Waals surface area contributed by atoms with Gasteiger partial charge in [-0.15, -0.1) is 6.42 Å². The molecule has 3 nitrogen and oxygen atoms in total. The molecule has 0 aromatic rings. The summed E-state index contributed by atoms with van der Waals surface area (Å²) < 4.78 is 15.8. The van der Waals surface area contributed by atoms with Crippen molar-refractivity contribution >= 4 is 15.1 Å². The van der Waals surface area contributed by atoms with E-state index in [1.807, 2.05) is 13.8 Å². The molecule has 0 saturated carbocycles. The van der Waals surface area contributed by atoms with Crippen molar-refractivity contribution in [3.05, 3.63) is 0 Å². The zero-order valence-corrected chi connectivity index (χ0v) is 9.19. The van der Waals surface area contributed by atoms with Crippen LogP contribution in [0, 0.1) is 36.2 Å². The Morgan fingerprint density at radius 1 is 1.14 bits per heavy atom. The van der Waals surface area contributed by atoms with Gasteiger partial charge >= 0.3 is 15.1 Å². The van der Waals surface area contributed by atoms with Gasteiger partial charge in [0.15, 0.2) is 0 Å². The molecule has 1 heterocycles. The normalized spacial score (nSPS) is 23.9. The van der Waals surface area contributed by atoms with Gasteiger partial charge in [-0.2, -0.15) is 0 Å². The number of terminal acetylenes is 1. The van der Waals surface area contributed by atoms with Gasteiger partial charge in [-0.1, -0.05) is 0 Å². The van der Waals surface area contributed by atoms with Crippen LogP contribution in [-0.2, 0) is 11.4 Å². The summed E-state index contributed by atoms with van der Waals surface area (Å²) in [6, 6.07) is 0. The topological polar surface area (TPSA) is 27.7 Å². The quantitative estimate of drug-likeness (QED) is 0.457. The molecule has 1 saturated heterocycles. The van der Waals surface area contributed by atoms with Gasteiger partial charge in [-0.05, 0) is 25.7 Å². The number of rotatable bonds is 1. The third-order valence-corrected chi connectivity index (χ3v) is 3.33. The minimum atomic E-state index is -2.04. The van der Waals surface area contributed by atoms with E-state index in [9.17, 15) is 0 Å². The molecule has 0 N–H and O–H groups in total. The smallest absolute Gasteiger partial charge is 0.549 e. The van der Waals surface area contributed by atoms with Crippen LogP contribution in [0.1, 0.15) is 13.8 Å². The highest BCUT2D eigenvalue weighted by Crippen LogP contribution is 2.15. The highest BCUT2D eigenvalue weighted by atomic mass is 27.3. The van der Waals surface area contributed by atoms with Crippen LogP contribution in [0.2, 0.25) is 0 Å². The maximum absolute atomic E-state index is 5.38. The van der Waals surface area contributed by atoms with E-state index in [1.54, 1.807) is 0 Å². The van der Waals surface area contributed by atoms with Crippen LogP contribution >= 0.6 is 0 Å². The van der Waals surface area contributed by atoms with Gasteiger partial charge in [0.1, 0.15) is 0 Å². The van der Waals surface area contributed by atoms with E-state index in [4.69, 9.17) is 17.8 Å². The van der Waals surface area contributed by atoms with E-state index in [1.165, 1.54) is 0 Å². The molecule has 0 aromatic heterocycles. The molecular weight excluding hydrogens is 195 g/mol. The van der Waals surface area contributed by atoms with Crippen molar-refractivity contribution in [2.24, 2.45) is 0 Å². The summed E-state index contributed by atoms with van der Waals surface area (Å²) in [5.74, 6) is 9.35. The second-order valence-electron chi connectivity index (χ2n) is 2.71. The molecule has 70 valence electrons. The molecule has 1 aliphatic rings. The summed E-state index contributed by atoms with van der Waals surface area (Å²) in [5, 5.41) is 0. The molecule has 1 fully saturated rings. The SMILES string of the molecule is C#CC#CC#C[O][Al]1[O]C(C)C(C)[O]1. The Morgan fingerprint density at radius 2 is 1.79 bits per heavy atom. The fourth-order valence-corrected chi connectivity index (χ4v) is 2.30. The Morgan fingerprint density at radius 3 is 2.36 bits per heavy atom. The van der Waals surface area contributed by atoms with Crippen molar-refractivity contribution in [1.29, 1.82) is 0 Å². The second-order valence-corrected chi connectivity index (χ2v) is 4.07. The monoisotopic (exact) mass is 204 g/mol. The van der Waals surface area contributed by atoms with E-state index in [0.717, 1.165) is 0 Å². The molecule has 1 rings (SSSR count). The van der Waals surface area contributed by atoms with Crippen LogP contribution in [0.4, 0.5) is 0 Å². The maximum atomic E-state index is 5.38. The Labute approximate surface area is 89.1 Å². The van der Waals surface area contributed by atoms with Crippen molar-refractivity contribution in [3.63, 3.8) is 0 Å². The predicted octanol–water partition coefficient (Wildman–Crippen LogP) is 0.409. The van der Waals surface area contributed by atoms with E-state index in [0.29, 0.717) is 0 Å². The third-order valence-electron chi connectivity index (χ3n) is 1.72.